The Kier molecular flexibility index (Phi) is 7.95. The Balaban J connectivity index is 1.45. The summed E-state index contributed by atoms with van der Waals surface area (Å²) in [5.41, 5.74) is 1.85. The fourth-order valence-corrected chi connectivity index (χ4v) is 4.69. The number of hydrogen-bond donors (Lipinski definition) is 2. The highest BCUT2D eigenvalue weighted by Crippen LogP contribution is 2.20. The largest absolute Gasteiger partial charge is 0.326 e. The Morgan fingerprint density at radius 2 is 1.77 bits per heavy atom. The average Bonchev–Trinajstić information content (AvgIpc) is 2.75. The summed E-state index contributed by atoms with van der Waals surface area (Å²) in [5.74, 6) is 0.266. The van der Waals surface area contributed by atoms with Gasteiger partial charge in [-0.25, -0.2) is 13.1 Å². The van der Waals surface area contributed by atoms with Crippen LogP contribution in [0.15, 0.2) is 53.7 Å². The first-order valence-electron chi connectivity index (χ1n) is 10.5. The molecule has 0 radical (unpaired) electrons. The number of nitrogens with one attached hydrogen (secondary N) is 2. The summed E-state index contributed by atoms with van der Waals surface area (Å²) >= 11 is 0. The topological polar surface area (TPSA) is 91.4 Å². The van der Waals surface area contributed by atoms with Crippen molar-refractivity contribution >= 4 is 21.6 Å². The highest BCUT2D eigenvalue weighted by molar-refractivity contribution is 7.89. The molecule has 1 aliphatic heterocycles. The second-order valence-electron chi connectivity index (χ2n) is 7.75. The van der Waals surface area contributed by atoms with Gasteiger partial charge in [-0.3, -0.25) is 14.7 Å². The Bertz CT molecular complexity index is 909. The lowest BCUT2D eigenvalue weighted by atomic mass is 9.97. The predicted molar refractivity (Wildman–Crippen MR) is 117 cm³/mol. The minimum absolute atomic E-state index is 0.0681. The zero-order valence-corrected chi connectivity index (χ0v) is 18.2. The molecule has 1 aromatic heterocycles. The summed E-state index contributed by atoms with van der Waals surface area (Å²) in [4.78, 5) is 18.3. The summed E-state index contributed by atoms with van der Waals surface area (Å²) in [6.07, 6.45) is 6.77. The van der Waals surface area contributed by atoms with E-state index in [0.717, 1.165) is 38.9 Å². The van der Waals surface area contributed by atoms with Crippen molar-refractivity contribution in [3.05, 3.63) is 54.4 Å². The van der Waals surface area contributed by atoms with Crippen LogP contribution in [0, 0.1) is 5.92 Å². The number of anilines is 1. The van der Waals surface area contributed by atoms with Crippen LogP contribution < -0.4 is 10.0 Å². The Labute approximate surface area is 178 Å². The van der Waals surface area contributed by atoms with Crippen LogP contribution in [0.4, 0.5) is 5.69 Å². The van der Waals surface area contributed by atoms with Crippen LogP contribution in [0.3, 0.4) is 0 Å². The molecule has 2 aromatic rings. The maximum absolute atomic E-state index is 12.6. The van der Waals surface area contributed by atoms with Gasteiger partial charge < -0.3 is 5.32 Å². The summed E-state index contributed by atoms with van der Waals surface area (Å²) in [5, 5.41) is 2.76. The van der Waals surface area contributed by atoms with Gasteiger partial charge in [-0.15, -0.1) is 0 Å². The van der Waals surface area contributed by atoms with Crippen molar-refractivity contribution in [2.45, 2.75) is 44.0 Å². The quantitative estimate of drug-likeness (QED) is 0.638. The van der Waals surface area contributed by atoms with E-state index >= 15 is 0 Å². The van der Waals surface area contributed by atoms with Crippen LogP contribution in [0.5, 0.6) is 0 Å². The van der Waals surface area contributed by atoms with E-state index in [9.17, 15) is 13.2 Å². The first-order chi connectivity index (χ1) is 14.5. The van der Waals surface area contributed by atoms with Crippen molar-refractivity contribution in [1.29, 1.82) is 0 Å². The molecule has 1 aliphatic rings. The Morgan fingerprint density at radius 1 is 1.10 bits per heavy atom. The number of likely N-dealkylation sites (tertiary alicyclic amines) is 1. The highest BCUT2D eigenvalue weighted by Gasteiger charge is 2.22. The van der Waals surface area contributed by atoms with Crippen LogP contribution in [-0.2, 0) is 21.4 Å². The predicted octanol–water partition coefficient (Wildman–Crippen LogP) is 3.01. The van der Waals surface area contributed by atoms with Gasteiger partial charge in [0.25, 0.3) is 0 Å². The van der Waals surface area contributed by atoms with Crippen LogP contribution in [0.2, 0.25) is 0 Å². The van der Waals surface area contributed by atoms with Gasteiger partial charge in [0.1, 0.15) is 0 Å². The van der Waals surface area contributed by atoms with E-state index in [-0.39, 0.29) is 10.8 Å². The average molecular weight is 431 g/mol. The maximum atomic E-state index is 12.6. The zero-order valence-electron chi connectivity index (χ0n) is 17.4. The Morgan fingerprint density at radius 3 is 2.40 bits per heavy atom. The van der Waals surface area contributed by atoms with Gasteiger partial charge in [-0.05, 0) is 80.2 Å². The molecular formula is C22H30N4O3S. The van der Waals surface area contributed by atoms with Crippen molar-refractivity contribution in [3.63, 3.8) is 0 Å². The lowest BCUT2D eigenvalue weighted by Gasteiger charge is -2.32. The molecular weight excluding hydrogens is 400 g/mol. The van der Waals surface area contributed by atoms with Crippen molar-refractivity contribution < 1.29 is 13.2 Å². The number of nitrogens with zero attached hydrogens (tertiary/aromatic N) is 2. The van der Waals surface area contributed by atoms with Gasteiger partial charge in [-0.1, -0.05) is 6.92 Å². The summed E-state index contributed by atoms with van der Waals surface area (Å²) in [6, 6.07) is 10.4. The smallest absolute Gasteiger partial charge is 0.240 e. The van der Waals surface area contributed by atoms with Crippen molar-refractivity contribution in [3.8, 4) is 0 Å². The third-order valence-corrected chi connectivity index (χ3v) is 6.79. The molecule has 0 spiro atoms. The SMILES string of the molecule is CCCC(=O)Nc1ccc(S(=O)(=O)NCC2CCN(Cc3ccncc3)CC2)cc1. The van der Waals surface area contributed by atoms with Gasteiger partial charge in [-0.2, -0.15) is 0 Å². The molecule has 0 bridgehead atoms. The first kappa shape index (κ1) is 22.4. The summed E-state index contributed by atoms with van der Waals surface area (Å²) in [7, 11) is -3.56. The lowest BCUT2D eigenvalue weighted by Crippen LogP contribution is -2.38. The van der Waals surface area contributed by atoms with Crippen molar-refractivity contribution in [2.75, 3.05) is 25.0 Å². The molecule has 1 amide bonds. The number of sulfonamides is 1. The molecule has 3 rings (SSSR count). The third-order valence-electron chi connectivity index (χ3n) is 5.35. The minimum atomic E-state index is -3.56. The van der Waals surface area contributed by atoms with Gasteiger partial charge in [0.05, 0.1) is 4.90 Å². The molecule has 0 atom stereocenters. The van der Waals surface area contributed by atoms with E-state index in [0.29, 0.717) is 24.6 Å². The maximum Gasteiger partial charge on any atom is 0.240 e. The monoisotopic (exact) mass is 430 g/mol. The number of benzene rings is 1. The van der Waals surface area contributed by atoms with E-state index in [1.54, 1.807) is 12.1 Å². The van der Waals surface area contributed by atoms with E-state index in [1.165, 1.54) is 17.7 Å². The molecule has 1 fully saturated rings. The van der Waals surface area contributed by atoms with Crippen LogP contribution in [0.25, 0.3) is 0 Å². The fraction of sp³-hybridized carbons (Fsp3) is 0.455. The number of carbonyl (C=O) groups excluding carboxylic acids is 1. The molecule has 0 saturated carbocycles. The first-order valence-corrected chi connectivity index (χ1v) is 12.0. The van der Waals surface area contributed by atoms with Gasteiger partial charge in [0, 0.05) is 37.6 Å². The van der Waals surface area contributed by atoms with Gasteiger partial charge in [0.15, 0.2) is 0 Å². The molecule has 2 N–H and O–H groups in total. The summed E-state index contributed by atoms with van der Waals surface area (Å²) in [6.45, 7) is 5.20. The molecule has 8 heteroatoms. The third kappa shape index (κ3) is 6.62. The number of carbonyl (C=O) groups is 1. The molecule has 30 heavy (non-hydrogen) atoms. The van der Waals surface area contributed by atoms with Gasteiger partial charge >= 0.3 is 0 Å². The van der Waals surface area contributed by atoms with Crippen molar-refractivity contribution in [2.24, 2.45) is 5.92 Å². The Hall–Kier alpha value is -2.29. The lowest BCUT2D eigenvalue weighted by molar-refractivity contribution is -0.116. The zero-order chi connectivity index (χ0) is 21.4. The normalized spacial score (nSPS) is 15.8. The molecule has 0 unspecified atom stereocenters. The van der Waals surface area contributed by atoms with Crippen LogP contribution in [-0.4, -0.2) is 43.8 Å². The standard InChI is InChI=1S/C22H30N4O3S/c1-2-3-22(27)25-20-4-6-21(7-5-20)30(28,29)24-16-18-10-14-26(15-11-18)17-19-8-12-23-13-9-19/h4-9,12-13,18,24H,2-3,10-11,14-17H2,1H3,(H,25,27). The minimum Gasteiger partial charge on any atom is -0.326 e. The summed E-state index contributed by atoms with van der Waals surface area (Å²) < 4.78 is 28.0. The number of aromatic nitrogens is 1. The second kappa shape index (κ2) is 10.7. The van der Waals surface area contributed by atoms with E-state index in [4.69, 9.17) is 0 Å². The second-order valence-corrected chi connectivity index (χ2v) is 9.52. The van der Waals surface area contributed by atoms with E-state index < -0.39 is 10.0 Å². The molecule has 1 saturated heterocycles. The molecule has 162 valence electrons. The number of rotatable bonds is 9. The molecule has 1 aromatic carbocycles. The van der Waals surface area contributed by atoms with Gasteiger partial charge in [0.2, 0.25) is 15.9 Å². The van der Waals surface area contributed by atoms with Crippen LogP contribution >= 0.6 is 0 Å². The molecule has 7 nitrogen and oxygen atoms in total. The van der Waals surface area contributed by atoms with Crippen LogP contribution in [0.1, 0.15) is 38.2 Å². The number of piperidine rings is 1. The fourth-order valence-electron chi connectivity index (χ4n) is 3.57. The number of pyridine rings is 1. The molecule has 2 heterocycles. The molecule has 0 aliphatic carbocycles. The van der Waals surface area contributed by atoms with E-state index in [2.05, 4.69) is 19.9 Å². The highest BCUT2D eigenvalue weighted by atomic mass is 32.2. The van der Waals surface area contributed by atoms with Crippen molar-refractivity contribution in [1.82, 2.24) is 14.6 Å². The number of amides is 1. The van der Waals surface area contributed by atoms with E-state index in [1.807, 2.05) is 31.5 Å². The number of hydrogen-bond acceptors (Lipinski definition) is 5.